The number of nitriles is 1. The number of nitrogens with two attached hydrogens (primary N) is 1. The summed E-state index contributed by atoms with van der Waals surface area (Å²) in [5.74, 6) is 0. The molecule has 4 nitrogen and oxygen atoms in total. The Morgan fingerprint density at radius 2 is 2.38 bits per heavy atom. The number of nitrogens with zero attached hydrogens (tertiary/aromatic N) is 2. The molecule has 0 aliphatic carbocycles. The van der Waals surface area contributed by atoms with Crippen LogP contribution in [-0.4, -0.2) is 6.02 Å². The van der Waals surface area contributed by atoms with Crippen molar-refractivity contribution in [3.63, 3.8) is 0 Å². The first-order valence-electron chi connectivity index (χ1n) is 3.79. The molecule has 1 aliphatic rings. The van der Waals surface area contributed by atoms with Gasteiger partial charge in [-0.2, -0.15) is 10.3 Å². The average Bonchev–Trinajstić information content (AvgIpc) is 2.17. The summed E-state index contributed by atoms with van der Waals surface area (Å²) in [7, 11) is 0. The minimum Gasteiger partial charge on any atom is -0.460 e. The Bertz CT molecular complexity index is 417. The van der Waals surface area contributed by atoms with E-state index < -0.39 is 0 Å². The van der Waals surface area contributed by atoms with E-state index in [0.29, 0.717) is 12.2 Å². The van der Waals surface area contributed by atoms with Crippen LogP contribution >= 0.6 is 0 Å². The largest absolute Gasteiger partial charge is 0.460 e. The molecule has 0 spiro atoms. The summed E-state index contributed by atoms with van der Waals surface area (Å²) in [6, 6.07) is 7.46. The zero-order chi connectivity index (χ0) is 9.26. The Morgan fingerprint density at radius 3 is 3.15 bits per heavy atom. The van der Waals surface area contributed by atoms with Crippen LogP contribution in [0.2, 0.25) is 0 Å². The highest BCUT2D eigenvalue weighted by Crippen LogP contribution is 2.24. The second kappa shape index (κ2) is 2.79. The molecule has 13 heavy (non-hydrogen) atoms. The standard InChI is InChI=1S/C9H7N3O/c10-4-6-1-2-8-7(3-6)5-13-9(11)12-8/h1-3H,5H2,(H2,11,12). The van der Waals surface area contributed by atoms with Gasteiger partial charge in [-0.05, 0) is 18.2 Å². The van der Waals surface area contributed by atoms with Gasteiger partial charge in [-0.15, -0.1) is 0 Å². The molecule has 0 radical (unpaired) electrons. The monoisotopic (exact) mass is 173 g/mol. The lowest BCUT2D eigenvalue weighted by Gasteiger charge is -2.13. The lowest BCUT2D eigenvalue weighted by atomic mass is 10.1. The molecule has 0 saturated carbocycles. The first-order valence-corrected chi connectivity index (χ1v) is 3.79. The van der Waals surface area contributed by atoms with E-state index >= 15 is 0 Å². The number of fused-ring (bicyclic) bond motifs is 1. The van der Waals surface area contributed by atoms with Crippen LogP contribution in [0, 0.1) is 11.3 Å². The molecule has 0 bridgehead atoms. The normalized spacial score (nSPS) is 13.6. The van der Waals surface area contributed by atoms with Crippen LogP contribution in [0.4, 0.5) is 5.69 Å². The van der Waals surface area contributed by atoms with Gasteiger partial charge in [-0.25, -0.2) is 0 Å². The highest BCUT2D eigenvalue weighted by Gasteiger charge is 2.10. The Balaban J connectivity index is 2.51. The van der Waals surface area contributed by atoms with Crippen molar-refractivity contribution in [2.75, 3.05) is 0 Å². The van der Waals surface area contributed by atoms with Crippen LogP contribution in [0.5, 0.6) is 0 Å². The maximum atomic E-state index is 8.64. The van der Waals surface area contributed by atoms with Crippen LogP contribution in [0.1, 0.15) is 11.1 Å². The molecule has 0 saturated heterocycles. The summed E-state index contributed by atoms with van der Waals surface area (Å²) in [4.78, 5) is 3.98. The molecule has 1 heterocycles. The third kappa shape index (κ3) is 1.32. The van der Waals surface area contributed by atoms with E-state index in [2.05, 4.69) is 11.1 Å². The lowest BCUT2D eigenvalue weighted by molar-refractivity contribution is 0.282. The van der Waals surface area contributed by atoms with Gasteiger partial charge in [0, 0.05) is 5.56 Å². The number of benzene rings is 1. The number of hydrogen-bond donors (Lipinski definition) is 1. The second-order valence-electron chi connectivity index (χ2n) is 2.69. The van der Waals surface area contributed by atoms with Gasteiger partial charge < -0.3 is 10.5 Å². The van der Waals surface area contributed by atoms with E-state index in [4.69, 9.17) is 15.7 Å². The highest BCUT2D eigenvalue weighted by atomic mass is 16.5. The third-order valence-corrected chi connectivity index (χ3v) is 1.81. The number of rotatable bonds is 0. The Kier molecular flexibility index (Phi) is 1.64. The zero-order valence-corrected chi connectivity index (χ0v) is 6.82. The maximum absolute atomic E-state index is 8.64. The lowest BCUT2D eigenvalue weighted by Crippen LogP contribution is -2.18. The summed E-state index contributed by atoms with van der Waals surface area (Å²) < 4.78 is 5.02. The van der Waals surface area contributed by atoms with Crippen LogP contribution in [0.25, 0.3) is 0 Å². The minimum atomic E-state index is 0.178. The number of amidine groups is 1. The predicted molar refractivity (Wildman–Crippen MR) is 47.2 cm³/mol. The number of hydrogen-bond acceptors (Lipinski definition) is 4. The van der Waals surface area contributed by atoms with E-state index in [0.717, 1.165) is 11.3 Å². The van der Waals surface area contributed by atoms with Crippen molar-refractivity contribution in [2.45, 2.75) is 6.61 Å². The number of aliphatic imine (C=N–C) groups is 1. The molecule has 1 aromatic carbocycles. The summed E-state index contributed by atoms with van der Waals surface area (Å²) >= 11 is 0. The summed E-state index contributed by atoms with van der Waals surface area (Å²) in [6.07, 6.45) is 0. The van der Waals surface area contributed by atoms with Gasteiger partial charge in [0.05, 0.1) is 17.3 Å². The van der Waals surface area contributed by atoms with Crippen molar-refractivity contribution in [3.8, 4) is 6.07 Å². The van der Waals surface area contributed by atoms with Gasteiger partial charge in [0.2, 0.25) is 0 Å². The van der Waals surface area contributed by atoms with Gasteiger partial charge in [0.1, 0.15) is 6.61 Å². The van der Waals surface area contributed by atoms with Crippen molar-refractivity contribution in [1.29, 1.82) is 5.26 Å². The second-order valence-corrected chi connectivity index (χ2v) is 2.69. The molecule has 64 valence electrons. The fraction of sp³-hybridized carbons (Fsp3) is 0.111. The minimum absolute atomic E-state index is 0.178. The van der Waals surface area contributed by atoms with E-state index in [9.17, 15) is 0 Å². The molecule has 1 aliphatic heterocycles. The van der Waals surface area contributed by atoms with Crippen LogP contribution in [0.3, 0.4) is 0 Å². The van der Waals surface area contributed by atoms with Crippen molar-refractivity contribution in [2.24, 2.45) is 10.7 Å². The predicted octanol–water partition coefficient (Wildman–Crippen LogP) is 1.03. The molecule has 4 heteroatoms. The van der Waals surface area contributed by atoms with E-state index in [1.54, 1.807) is 18.2 Å². The van der Waals surface area contributed by atoms with Crippen LogP contribution in [0.15, 0.2) is 23.2 Å². The first kappa shape index (κ1) is 7.62. The van der Waals surface area contributed by atoms with Crippen molar-refractivity contribution >= 4 is 11.7 Å². The quantitative estimate of drug-likeness (QED) is 0.637. The summed E-state index contributed by atoms with van der Waals surface area (Å²) in [5, 5.41) is 8.64. The number of ether oxygens (including phenoxy) is 1. The van der Waals surface area contributed by atoms with Crippen LogP contribution < -0.4 is 5.73 Å². The topological polar surface area (TPSA) is 71.4 Å². The van der Waals surface area contributed by atoms with Gasteiger partial charge in [-0.3, -0.25) is 0 Å². The van der Waals surface area contributed by atoms with Gasteiger partial charge in [0.25, 0.3) is 6.02 Å². The van der Waals surface area contributed by atoms with Crippen LogP contribution in [-0.2, 0) is 11.3 Å². The molecule has 2 N–H and O–H groups in total. The Hall–Kier alpha value is -2.02. The smallest absolute Gasteiger partial charge is 0.287 e. The molecular weight excluding hydrogens is 166 g/mol. The van der Waals surface area contributed by atoms with Gasteiger partial charge in [0.15, 0.2) is 0 Å². The SMILES string of the molecule is N#Cc1ccc2c(c1)COC(N)=N2. The van der Waals surface area contributed by atoms with Crippen molar-refractivity contribution < 1.29 is 4.74 Å². The molecule has 2 rings (SSSR count). The third-order valence-electron chi connectivity index (χ3n) is 1.81. The first-order chi connectivity index (χ1) is 6.29. The fourth-order valence-electron chi connectivity index (χ4n) is 1.18. The molecule has 0 atom stereocenters. The average molecular weight is 173 g/mol. The molecule has 0 unspecified atom stereocenters. The maximum Gasteiger partial charge on any atom is 0.287 e. The van der Waals surface area contributed by atoms with Crippen molar-refractivity contribution in [1.82, 2.24) is 0 Å². The van der Waals surface area contributed by atoms with E-state index in [1.807, 2.05) is 0 Å². The summed E-state index contributed by atoms with van der Waals surface area (Å²) in [6.45, 7) is 0.389. The highest BCUT2D eigenvalue weighted by molar-refractivity contribution is 5.77. The molecular formula is C9H7N3O. The van der Waals surface area contributed by atoms with Gasteiger partial charge in [-0.1, -0.05) is 0 Å². The molecule has 0 fully saturated rings. The molecule has 0 amide bonds. The van der Waals surface area contributed by atoms with E-state index in [1.165, 1.54) is 0 Å². The Labute approximate surface area is 75.3 Å². The molecule has 1 aromatic rings. The Morgan fingerprint density at radius 1 is 1.54 bits per heavy atom. The van der Waals surface area contributed by atoms with E-state index in [-0.39, 0.29) is 6.02 Å². The fourth-order valence-corrected chi connectivity index (χ4v) is 1.18. The summed E-state index contributed by atoms with van der Waals surface area (Å²) in [5.41, 5.74) is 7.67. The van der Waals surface area contributed by atoms with Gasteiger partial charge >= 0.3 is 0 Å². The van der Waals surface area contributed by atoms with Crippen molar-refractivity contribution in [3.05, 3.63) is 29.3 Å². The zero-order valence-electron chi connectivity index (χ0n) is 6.82. The molecule has 0 aromatic heterocycles.